The molecule has 0 aliphatic rings. The fourth-order valence-corrected chi connectivity index (χ4v) is 1.81. The Bertz CT molecular complexity index is 348. The van der Waals surface area contributed by atoms with Gasteiger partial charge in [-0.3, -0.25) is 0 Å². The SMILES string of the molecule is CCOc1ccccc1OCCC(N)(CC)CC. The molecule has 1 aromatic rings. The zero-order valence-electron chi connectivity index (χ0n) is 11.7. The van der Waals surface area contributed by atoms with Crippen LogP contribution in [-0.2, 0) is 0 Å². The molecule has 18 heavy (non-hydrogen) atoms. The van der Waals surface area contributed by atoms with Crippen molar-refractivity contribution in [2.45, 2.75) is 45.6 Å². The van der Waals surface area contributed by atoms with Gasteiger partial charge >= 0.3 is 0 Å². The lowest BCUT2D eigenvalue weighted by atomic mass is 9.91. The second kappa shape index (κ2) is 7.27. The molecular formula is C15H25NO2. The molecule has 0 heterocycles. The minimum absolute atomic E-state index is 0.111. The number of nitrogens with two attached hydrogens (primary N) is 1. The third-order valence-electron chi connectivity index (χ3n) is 3.41. The van der Waals surface area contributed by atoms with Crippen molar-refractivity contribution in [1.29, 1.82) is 0 Å². The van der Waals surface area contributed by atoms with Gasteiger partial charge in [0.25, 0.3) is 0 Å². The molecule has 0 aromatic heterocycles. The van der Waals surface area contributed by atoms with Gasteiger partial charge in [-0.15, -0.1) is 0 Å². The molecule has 0 fully saturated rings. The molecule has 0 spiro atoms. The Hall–Kier alpha value is -1.22. The zero-order valence-corrected chi connectivity index (χ0v) is 11.7. The standard InChI is InChI=1S/C15H25NO2/c1-4-15(16,5-2)11-12-18-14-10-8-7-9-13(14)17-6-3/h7-10H,4-6,11-12,16H2,1-3H3. The fraction of sp³-hybridized carbons (Fsp3) is 0.600. The molecule has 0 bridgehead atoms. The first-order chi connectivity index (χ1) is 8.65. The number of hydrogen-bond donors (Lipinski definition) is 1. The van der Waals surface area contributed by atoms with Gasteiger partial charge in [0.1, 0.15) is 0 Å². The molecule has 102 valence electrons. The summed E-state index contributed by atoms with van der Waals surface area (Å²) in [5.74, 6) is 1.60. The highest BCUT2D eigenvalue weighted by atomic mass is 16.5. The third kappa shape index (κ3) is 4.22. The van der Waals surface area contributed by atoms with Crippen LogP contribution in [0.15, 0.2) is 24.3 Å². The highest BCUT2D eigenvalue weighted by molar-refractivity contribution is 5.39. The van der Waals surface area contributed by atoms with Gasteiger partial charge in [-0.25, -0.2) is 0 Å². The minimum atomic E-state index is -0.111. The lowest BCUT2D eigenvalue weighted by Gasteiger charge is -2.26. The Morgan fingerprint density at radius 3 is 2.06 bits per heavy atom. The van der Waals surface area contributed by atoms with Gasteiger partial charge in [0.15, 0.2) is 11.5 Å². The van der Waals surface area contributed by atoms with E-state index in [2.05, 4.69) is 13.8 Å². The number of rotatable bonds is 8. The molecule has 0 atom stereocenters. The largest absolute Gasteiger partial charge is 0.490 e. The molecule has 0 radical (unpaired) electrons. The Labute approximate surface area is 110 Å². The van der Waals surface area contributed by atoms with E-state index < -0.39 is 0 Å². The fourth-order valence-electron chi connectivity index (χ4n) is 1.81. The van der Waals surface area contributed by atoms with Gasteiger partial charge in [0, 0.05) is 5.54 Å². The zero-order chi connectivity index (χ0) is 13.4. The van der Waals surface area contributed by atoms with Crippen LogP contribution in [0.3, 0.4) is 0 Å². The first-order valence-corrected chi connectivity index (χ1v) is 6.78. The van der Waals surface area contributed by atoms with E-state index in [-0.39, 0.29) is 5.54 Å². The van der Waals surface area contributed by atoms with E-state index >= 15 is 0 Å². The number of benzene rings is 1. The molecule has 0 saturated carbocycles. The van der Waals surface area contributed by atoms with Crippen LogP contribution in [0.5, 0.6) is 11.5 Å². The summed E-state index contributed by atoms with van der Waals surface area (Å²) in [5.41, 5.74) is 6.14. The van der Waals surface area contributed by atoms with Crippen molar-refractivity contribution in [3.8, 4) is 11.5 Å². The summed E-state index contributed by atoms with van der Waals surface area (Å²) >= 11 is 0. The quantitative estimate of drug-likeness (QED) is 0.770. The van der Waals surface area contributed by atoms with Crippen molar-refractivity contribution in [2.24, 2.45) is 5.73 Å². The van der Waals surface area contributed by atoms with Gasteiger partial charge in [0.2, 0.25) is 0 Å². The van der Waals surface area contributed by atoms with Crippen LogP contribution in [0.25, 0.3) is 0 Å². The molecular weight excluding hydrogens is 226 g/mol. The maximum atomic E-state index is 6.25. The highest BCUT2D eigenvalue weighted by Gasteiger charge is 2.20. The van der Waals surface area contributed by atoms with Crippen molar-refractivity contribution in [1.82, 2.24) is 0 Å². The van der Waals surface area contributed by atoms with Crippen LogP contribution in [0.2, 0.25) is 0 Å². The van der Waals surface area contributed by atoms with Gasteiger partial charge in [-0.2, -0.15) is 0 Å². The van der Waals surface area contributed by atoms with Gasteiger partial charge < -0.3 is 15.2 Å². The Morgan fingerprint density at radius 1 is 1.00 bits per heavy atom. The molecule has 3 nitrogen and oxygen atoms in total. The van der Waals surface area contributed by atoms with Gasteiger partial charge in [0.05, 0.1) is 13.2 Å². The molecule has 0 saturated heterocycles. The molecule has 0 aliphatic heterocycles. The number of ether oxygens (including phenoxy) is 2. The van der Waals surface area contributed by atoms with Crippen LogP contribution in [0, 0.1) is 0 Å². The van der Waals surface area contributed by atoms with Crippen molar-refractivity contribution in [2.75, 3.05) is 13.2 Å². The average molecular weight is 251 g/mol. The predicted molar refractivity (Wildman–Crippen MR) is 75.2 cm³/mol. The Kier molecular flexibility index (Phi) is 5.99. The van der Waals surface area contributed by atoms with Crippen LogP contribution >= 0.6 is 0 Å². The second-order valence-corrected chi connectivity index (χ2v) is 4.55. The number of para-hydroxylation sites is 2. The molecule has 1 rings (SSSR count). The van der Waals surface area contributed by atoms with E-state index in [0.29, 0.717) is 13.2 Å². The van der Waals surface area contributed by atoms with Crippen molar-refractivity contribution >= 4 is 0 Å². The monoisotopic (exact) mass is 251 g/mol. The first-order valence-electron chi connectivity index (χ1n) is 6.78. The van der Waals surface area contributed by atoms with Crippen molar-refractivity contribution in [3.05, 3.63) is 24.3 Å². The number of hydrogen-bond acceptors (Lipinski definition) is 3. The maximum absolute atomic E-state index is 6.25. The molecule has 0 aliphatic carbocycles. The molecule has 2 N–H and O–H groups in total. The minimum Gasteiger partial charge on any atom is -0.490 e. The van der Waals surface area contributed by atoms with E-state index in [9.17, 15) is 0 Å². The van der Waals surface area contributed by atoms with E-state index in [1.807, 2.05) is 31.2 Å². The van der Waals surface area contributed by atoms with Crippen LogP contribution < -0.4 is 15.2 Å². The summed E-state index contributed by atoms with van der Waals surface area (Å²) in [7, 11) is 0. The highest BCUT2D eigenvalue weighted by Crippen LogP contribution is 2.27. The van der Waals surface area contributed by atoms with Gasteiger partial charge in [-0.05, 0) is 38.3 Å². The van der Waals surface area contributed by atoms with E-state index in [1.54, 1.807) is 0 Å². The lowest BCUT2D eigenvalue weighted by molar-refractivity contribution is 0.233. The summed E-state index contributed by atoms with van der Waals surface area (Å²) in [5, 5.41) is 0. The van der Waals surface area contributed by atoms with Crippen LogP contribution in [0.4, 0.5) is 0 Å². The first kappa shape index (κ1) is 14.8. The average Bonchev–Trinajstić information content (AvgIpc) is 2.41. The summed E-state index contributed by atoms with van der Waals surface area (Å²) in [6.07, 6.45) is 2.81. The normalized spacial score (nSPS) is 11.3. The van der Waals surface area contributed by atoms with E-state index in [0.717, 1.165) is 30.8 Å². The Balaban J connectivity index is 2.53. The van der Waals surface area contributed by atoms with Crippen LogP contribution in [0.1, 0.15) is 40.0 Å². The van der Waals surface area contributed by atoms with Crippen molar-refractivity contribution in [3.63, 3.8) is 0 Å². The predicted octanol–water partition coefficient (Wildman–Crippen LogP) is 3.37. The third-order valence-corrected chi connectivity index (χ3v) is 3.41. The van der Waals surface area contributed by atoms with Crippen molar-refractivity contribution < 1.29 is 9.47 Å². The summed E-state index contributed by atoms with van der Waals surface area (Å²) in [6.45, 7) is 7.48. The smallest absolute Gasteiger partial charge is 0.161 e. The summed E-state index contributed by atoms with van der Waals surface area (Å²) in [6, 6.07) is 7.76. The van der Waals surface area contributed by atoms with Crippen LogP contribution in [-0.4, -0.2) is 18.8 Å². The molecule has 1 aromatic carbocycles. The topological polar surface area (TPSA) is 44.5 Å². The van der Waals surface area contributed by atoms with E-state index in [1.165, 1.54) is 0 Å². The lowest BCUT2D eigenvalue weighted by Crippen LogP contribution is -2.39. The molecule has 0 unspecified atom stereocenters. The summed E-state index contributed by atoms with van der Waals surface area (Å²) in [4.78, 5) is 0. The Morgan fingerprint density at radius 2 is 1.56 bits per heavy atom. The molecule has 3 heteroatoms. The second-order valence-electron chi connectivity index (χ2n) is 4.55. The van der Waals surface area contributed by atoms with E-state index in [4.69, 9.17) is 15.2 Å². The van der Waals surface area contributed by atoms with Gasteiger partial charge in [-0.1, -0.05) is 26.0 Å². The summed E-state index contributed by atoms with van der Waals surface area (Å²) < 4.78 is 11.3. The maximum Gasteiger partial charge on any atom is 0.161 e. The molecule has 0 amide bonds.